The van der Waals surface area contributed by atoms with E-state index >= 15 is 0 Å². The number of aromatic nitrogens is 2. The Bertz CT molecular complexity index is 1280. The highest BCUT2D eigenvalue weighted by molar-refractivity contribution is 5.94. The van der Waals surface area contributed by atoms with E-state index < -0.39 is 0 Å². The molecule has 6 heteroatoms. The van der Waals surface area contributed by atoms with Crippen molar-refractivity contribution in [1.82, 2.24) is 9.97 Å². The summed E-state index contributed by atoms with van der Waals surface area (Å²) in [5.74, 6) is 1.57. The molecule has 1 aromatic heterocycles. The van der Waals surface area contributed by atoms with E-state index in [-0.39, 0.29) is 11.4 Å². The van der Waals surface area contributed by atoms with Crippen molar-refractivity contribution in [3.8, 4) is 22.9 Å². The molecule has 0 saturated carbocycles. The Balaban J connectivity index is 1.53. The van der Waals surface area contributed by atoms with Gasteiger partial charge < -0.3 is 19.2 Å². The van der Waals surface area contributed by atoms with Crippen LogP contribution in [0.5, 0.6) is 11.5 Å². The SMILES string of the molecule is COC(=O)c1ccc2nc(-c3ccc(OCc4ccc(C(C)(C)C)cc4)c(OC)c3)[nH]c2c1. The molecule has 0 atom stereocenters. The summed E-state index contributed by atoms with van der Waals surface area (Å²) in [5, 5.41) is 0. The van der Waals surface area contributed by atoms with Crippen LogP contribution >= 0.6 is 0 Å². The van der Waals surface area contributed by atoms with Gasteiger partial charge in [-0.25, -0.2) is 9.78 Å². The van der Waals surface area contributed by atoms with Gasteiger partial charge in [0.15, 0.2) is 11.5 Å². The monoisotopic (exact) mass is 444 g/mol. The lowest BCUT2D eigenvalue weighted by molar-refractivity contribution is 0.0601. The second kappa shape index (κ2) is 8.98. The maximum Gasteiger partial charge on any atom is 0.337 e. The summed E-state index contributed by atoms with van der Waals surface area (Å²) in [6, 6.07) is 19.4. The molecule has 0 saturated heterocycles. The number of imidazole rings is 1. The smallest absolute Gasteiger partial charge is 0.337 e. The predicted molar refractivity (Wildman–Crippen MR) is 129 cm³/mol. The minimum atomic E-state index is -0.385. The highest BCUT2D eigenvalue weighted by Gasteiger charge is 2.14. The van der Waals surface area contributed by atoms with Gasteiger partial charge in [0.25, 0.3) is 0 Å². The molecule has 1 heterocycles. The van der Waals surface area contributed by atoms with Crippen LogP contribution in [0.3, 0.4) is 0 Å². The minimum absolute atomic E-state index is 0.121. The van der Waals surface area contributed by atoms with Crippen molar-refractivity contribution in [3.63, 3.8) is 0 Å². The van der Waals surface area contributed by atoms with Gasteiger partial charge in [0.2, 0.25) is 0 Å². The number of ether oxygens (including phenoxy) is 3. The van der Waals surface area contributed by atoms with E-state index in [2.05, 4.69) is 55.0 Å². The summed E-state index contributed by atoms with van der Waals surface area (Å²) in [4.78, 5) is 19.7. The van der Waals surface area contributed by atoms with E-state index in [4.69, 9.17) is 14.2 Å². The first-order valence-electron chi connectivity index (χ1n) is 10.8. The number of nitrogens with zero attached hydrogens (tertiary/aromatic N) is 1. The van der Waals surface area contributed by atoms with Gasteiger partial charge in [-0.05, 0) is 52.9 Å². The summed E-state index contributed by atoms with van der Waals surface area (Å²) in [7, 11) is 2.98. The molecule has 33 heavy (non-hydrogen) atoms. The lowest BCUT2D eigenvalue weighted by atomic mass is 9.87. The quantitative estimate of drug-likeness (QED) is 0.375. The fraction of sp³-hybridized carbons (Fsp3) is 0.259. The van der Waals surface area contributed by atoms with Crippen LogP contribution in [0.4, 0.5) is 0 Å². The molecular formula is C27H28N2O4. The van der Waals surface area contributed by atoms with Gasteiger partial charge in [0.1, 0.15) is 12.4 Å². The number of benzene rings is 3. The average molecular weight is 445 g/mol. The van der Waals surface area contributed by atoms with E-state index in [1.165, 1.54) is 12.7 Å². The van der Waals surface area contributed by atoms with Crippen LogP contribution in [-0.4, -0.2) is 30.2 Å². The van der Waals surface area contributed by atoms with Gasteiger partial charge in [0, 0.05) is 5.56 Å². The van der Waals surface area contributed by atoms with Crippen molar-refractivity contribution in [2.75, 3.05) is 14.2 Å². The topological polar surface area (TPSA) is 73.4 Å². The fourth-order valence-corrected chi connectivity index (χ4v) is 3.59. The standard InChI is InChI=1S/C27H28N2O4/c1-27(2,3)20-10-6-17(7-11-20)16-33-23-13-9-18(15-24(23)31-4)25-28-21-12-8-19(26(30)32-5)14-22(21)29-25/h6-15H,16H2,1-5H3,(H,28,29). The second-order valence-corrected chi connectivity index (χ2v) is 8.91. The molecule has 0 spiro atoms. The number of H-pyrrole nitrogens is 1. The van der Waals surface area contributed by atoms with E-state index in [1.54, 1.807) is 25.3 Å². The maximum absolute atomic E-state index is 11.8. The third kappa shape index (κ3) is 4.85. The number of hydrogen-bond donors (Lipinski definition) is 1. The van der Waals surface area contributed by atoms with E-state index in [0.717, 1.165) is 22.2 Å². The van der Waals surface area contributed by atoms with Gasteiger partial charge in [-0.1, -0.05) is 45.0 Å². The summed E-state index contributed by atoms with van der Waals surface area (Å²) in [6.45, 7) is 7.04. The van der Waals surface area contributed by atoms with Gasteiger partial charge in [0.05, 0.1) is 30.8 Å². The van der Waals surface area contributed by atoms with Crippen molar-refractivity contribution in [3.05, 3.63) is 77.4 Å². The Morgan fingerprint density at radius 3 is 2.36 bits per heavy atom. The van der Waals surface area contributed by atoms with Crippen LogP contribution in [0.1, 0.15) is 42.3 Å². The Morgan fingerprint density at radius 2 is 1.70 bits per heavy atom. The van der Waals surface area contributed by atoms with Crippen LogP contribution in [-0.2, 0) is 16.8 Å². The van der Waals surface area contributed by atoms with Crippen LogP contribution in [0.25, 0.3) is 22.4 Å². The molecule has 0 unspecified atom stereocenters. The Labute approximate surface area is 193 Å². The summed E-state index contributed by atoms with van der Waals surface area (Å²) in [5.41, 5.74) is 5.34. The number of aromatic amines is 1. The summed E-state index contributed by atoms with van der Waals surface area (Å²) >= 11 is 0. The van der Waals surface area contributed by atoms with Crippen molar-refractivity contribution in [2.24, 2.45) is 0 Å². The molecule has 170 valence electrons. The van der Waals surface area contributed by atoms with E-state index in [1.807, 2.05) is 18.2 Å². The van der Waals surface area contributed by atoms with Crippen LogP contribution in [0.2, 0.25) is 0 Å². The molecule has 4 rings (SSSR count). The molecule has 3 aromatic carbocycles. The Hall–Kier alpha value is -3.80. The fourth-order valence-electron chi connectivity index (χ4n) is 3.59. The Morgan fingerprint density at radius 1 is 0.939 bits per heavy atom. The average Bonchev–Trinajstić information content (AvgIpc) is 3.25. The summed E-state index contributed by atoms with van der Waals surface area (Å²) < 4.78 is 16.4. The van der Waals surface area contributed by atoms with Gasteiger partial charge in [-0.3, -0.25) is 0 Å². The van der Waals surface area contributed by atoms with Gasteiger partial charge in [-0.15, -0.1) is 0 Å². The van der Waals surface area contributed by atoms with Crippen LogP contribution in [0, 0.1) is 0 Å². The lowest BCUT2D eigenvalue weighted by Gasteiger charge is -2.19. The van der Waals surface area contributed by atoms with Crippen LogP contribution < -0.4 is 9.47 Å². The third-order valence-electron chi connectivity index (χ3n) is 5.55. The first-order chi connectivity index (χ1) is 15.8. The van der Waals surface area contributed by atoms with Gasteiger partial charge in [-0.2, -0.15) is 0 Å². The number of esters is 1. The molecule has 0 aliphatic heterocycles. The van der Waals surface area contributed by atoms with Crippen molar-refractivity contribution >= 4 is 17.0 Å². The third-order valence-corrected chi connectivity index (χ3v) is 5.55. The number of methoxy groups -OCH3 is 2. The molecule has 0 radical (unpaired) electrons. The first-order valence-corrected chi connectivity index (χ1v) is 10.8. The number of hydrogen-bond acceptors (Lipinski definition) is 5. The molecule has 0 aliphatic carbocycles. The number of carbonyl (C=O) groups is 1. The van der Waals surface area contributed by atoms with E-state index in [9.17, 15) is 4.79 Å². The highest BCUT2D eigenvalue weighted by atomic mass is 16.5. The number of carbonyl (C=O) groups excluding carboxylic acids is 1. The molecule has 0 aliphatic rings. The van der Waals surface area contributed by atoms with Crippen molar-refractivity contribution in [1.29, 1.82) is 0 Å². The van der Waals surface area contributed by atoms with Crippen molar-refractivity contribution in [2.45, 2.75) is 32.8 Å². The van der Waals surface area contributed by atoms with E-state index in [0.29, 0.717) is 29.5 Å². The molecule has 4 aromatic rings. The predicted octanol–water partition coefficient (Wildman–Crippen LogP) is 5.90. The first kappa shape index (κ1) is 22.4. The number of fused-ring (bicyclic) bond motifs is 1. The Kier molecular flexibility index (Phi) is 6.09. The zero-order valence-corrected chi connectivity index (χ0v) is 19.6. The van der Waals surface area contributed by atoms with Crippen molar-refractivity contribution < 1.29 is 19.0 Å². The molecular weight excluding hydrogens is 416 g/mol. The van der Waals surface area contributed by atoms with Gasteiger partial charge >= 0.3 is 5.97 Å². The van der Waals surface area contributed by atoms with Crippen LogP contribution in [0.15, 0.2) is 60.7 Å². The highest BCUT2D eigenvalue weighted by Crippen LogP contribution is 2.33. The molecule has 0 amide bonds. The molecule has 1 N–H and O–H groups in total. The maximum atomic E-state index is 11.8. The number of rotatable bonds is 6. The minimum Gasteiger partial charge on any atom is -0.493 e. The zero-order chi connectivity index (χ0) is 23.6. The molecule has 6 nitrogen and oxygen atoms in total. The normalized spacial score (nSPS) is 11.4. The largest absolute Gasteiger partial charge is 0.493 e. The second-order valence-electron chi connectivity index (χ2n) is 8.91. The molecule has 0 fully saturated rings. The lowest BCUT2D eigenvalue weighted by Crippen LogP contribution is -2.10. The molecule has 0 bridgehead atoms. The summed E-state index contributed by atoms with van der Waals surface area (Å²) in [6.07, 6.45) is 0. The zero-order valence-electron chi connectivity index (χ0n) is 19.6. The number of nitrogens with one attached hydrogen (secondary N) is 1.